The molecule has 3 fully saturated rings. The number of amides is 4. The molecule has 8 rings (SSSR count). The summed E-state index contributed by atoms with van der Waals surface area (Å²) in [6.45, 7) is 13.7. The van der Waals surface area contributed by atoms with Crippen LogP contribution < -0.4 is 20.3 Å². The van der Waals surface area contributed by atoms with Crippen molar-refractivity contribution in [3.8, 4) is 16.2 Å². The fourth-order valence-electron chi connectivity index (χ4n) is 9.72. The Morgan fingerprint density at radius 3 is 2.21 bits per heavy atom. The van der Waals surface area contributed by atoms with Crippen molar-refractivity contribution in [1.29, 1.82) is 0 Å². The molecule has 0 spiro atoms. The van der Waals surface area contributed by atoms with Crippen LogP contribution >= 0.6 is 34.5 Å². The number of aliphatic hydroxyl groups excluding tert-OH is 1. The van der Waals surface area contributed by atoms with Gasteiger partial charge >= 0.3 is 0 Å². The summed E-state index contributed by atoms with van der Waals surface area (Å²) in [6.07, 6.45) is 4.05. The van der Waals surface area contributed by atoms with Gasteiger partial charge in [-0.15, -0.1) is 11.3 Å². The summed E-state index contributed by atoms with van der Waals surface area (Å²) in [5.74, 6) is -1.87. The van der Waals surface area contributed by atoms with Gasteiger partial charge in [-0.1, -0.05) is 74.3 Å². The normalized spacial score (nSPS) is 20.2. The van der Waals surface area contributed by atoms with Gasteiger partial charge in [0.05, 0.1) is 92.4 Å². The minimum atomic E-state index is -1.14. The number of aryl methyl sites for hydroxylation is 1. The molecule has 0 unspecified atom stereocenters. The molecule has 2 aromatic heterocycles. The van der Waals surface area contributed by atoms with Gasteiger partial charge in [0.2, 0.25) is 29.4 Å². The van der Waals surface area contributed by atoms with Crippen LogP contribution in [0.4, 0.5) is 5.69 Å². The number of anilines is 1. The van der Waals surface area contributed by atoms with Gasteiger partial charge in [-0.3, -0.25) is 19.2 Å². The maximum absolute atomic E-state index is 14.0. The van der Waals surface area contributed by atoms with E-state index in [2.05, 4.69) is 25.5 Å². The predicted molar refractivity (Wildman–Crippen MR) is 302 cm³/mol. The topological polar surface area (TPSA) is 218 Å². The fraction of sp³-hybridized carbons (Fsp3) is 0.509. The van der Waals surface area contributed by atoms with E-state index in [1.165, 1.54) is 4.90 Å². The molecular formula is C57H72Cl2N8O12S. The molecule has 80 heavy (non-hydrogen) atoms. The number of likely N-dealkylation sites (tertiary alicyclic amines) is 1. The SMILES string of the molecule is Cc1ncsc1-c1ccc([C@H](C)NC(=O)[C@@H]2C[C@@H](O)CN2C(=O)[C@@H](NC(=O)COCCOCCOCCOCC(=O)N2CCN(c3ccc(OC[C@H]4CO[C@](Cn5ccnc5)(c5ccc(Cl)cc5Cl)O4)cc3)CC2)C(C)(C)C)cc1. The zero-order chi connectivity index (χ0) is 56.8. The first kappa shape index (κ1) is 60.4. The molecule has 4 amide bonds. The first-order chi connectivity index (χ1) is 38.5. The van der Waals surface area contributed by atoms with E-state index >= 15 is 0 Å². The number of halogens is 2. The maximum atomic E-state index is 14.0. The molecule has 23 heteroatoms. The lowest BCUT2D eigenvalue weighted by Gasteiger charge is -2.36. The summed E-state index contributed by atoms with van der Waals surface area (Å²) in [7, 11) is 0. The minimum Gasteiger partial charge on any atom is -0.491 e. The summed E-state index contributed by atoms with van der Waals surface area (Å²) in [5.41, 5.74) is 5.68. The van der Waals surface area contributed by atoms with Crippen LogP contribution in [-0.4, -0.2) is 176 Å². The van der Waals surface area contributed by atoms with Crippen molar-refractivity contribution in [2.24, 2.45) is 5.41 Å². The molecule has 5 aromatic rings. The Balaban J connectivity index is 0.651. The lowest BCUT2D eigenvalue weighted by molar-refractivity contribution is -0.189. The van der Waals surface area contributed by atoms with Crippen LogP contribution in [0.1, 0.15) is 57.0 Å². The van der Waals surface area contributed by atoms with Crippen LogP contribution in [0.3, 0.4) is 0 Å². The third-order valence-corrected chi connectivity index (χ3v) is 15.6. The van der Waals surface area contributed by atoms with E-state index in [1.807, 2.05) is 105 Å². The summed E-state index contributed by atoms with van der Waals surface area (Å²) in [4.78, 5) is 68.6. The van der Waals surface area contributed by atoms with Crippen molar-refractivity contribution >= 4 is 63.9 Å². The van der Waals surface area contributed by atoms with Gasteiger partial charge in [-0.25, -0.2) is 9.97 Å². The molecule has 3 N–H and O–H groups in total. The maximum Gasteiger partial charge on any atom is 0.248 e. The molecular weight excluding hydrogens is 1090 g/mol. The van der Waals surface area contributed by atoms with Crippen LogP contribution in [0.5, 0.6) is 5.75 Å². The Bertz CT molecular complexity index is 2810. The number of imidazole rings is 1. The number of aromatic nitrogens is 3. The molecule has 0 bridgehead atoms. The quantitative estimate of drug-likeness (QED) is 0.0537. The van der Waals surface area contributed by atoms with E-state index in [1.54, 1.807) is 40.9 Å². The number of nitrogens with zero attached hydrogens (tertiary/aromatic N) is 6. The average molecular weight is 1160 g/mol. The van der Waals surface area contributed by atoms with E-state index in [0.29, 0.717) is 67.3 Å². The number of rotatable bonds is 26. The number of hydrogen-bond acceptors (Lipinski definition) is 16. The second-order valence-electron chi connectivity index (χ2n) is 21.0. The highest BCUT2D eigenvalue weighted by Crippen LogP contribution is 2.41. The van der Waals surface area contributed by atoms with E-state index in [-0.39, 0.29) is 89.8 Å². The largest absolute Gasteiger partial charge is 0.491 e. The van der Waals surface area contributed by atoms with Crippen molar-refractivity contribution in [2.75, 3.05) is 104 Å². The first-order valence-corrected chi connectivity index (χ1v) is 28.5. The van der Waals surface area contributed by atoms with E-state index < -0.39 is 41.2 Å². The third-order valence-electron chi connectivity index (χ3n) is 14.1. The highest BCUT2D eigenvalue weighted by atomic mass is 35.5. The van der Waals surface area contributed by atoms with Crippen LogP contribution in [0.25, 0.3) is 10.4 Å². The molecule has 0 radical (unpaired) electrons. The number of nitrogens with one attached hydrogen (secondary N) is 2. The van der Waals surface area contributed by atoms with Gasteiger partial charge in [0.25, 0.3) is 0 Å². The minimum absolute atomic E-state index is 0.0334. The Kier molecular flexibility index (Phi) is 21.4. The van der Waals surface area contributed by atoms with Crippen molar-refractivity contribution in [3.05, 3.63) is 118 Å². The molecule has 0 aliphatic carbocycles. The van der Waals surface area contributed by atoms with Crippen molar-refractivity contribution in [1.82, 2.24) is 35.0 Å². The number of carbonyl (C=O) groups is 4. The van der Waals surface area contributed by atoms with Crippen molar-refractivity contribution in [3.63, 3.8) is 0 Å². The highest BCUT2D eigenvalue weighted by Gasteiger charge is 2.46. The Morgan fingerprint density at radius 2 is 1.57 bits per heavy atom. The van der Waals surface area contributed by atoms with Gasteiger partial charge in [-0.05, 0) is 66.8 Å². The number of carbonyl (C=O) groups excluding carboxylic acids is 4. The number of β-amino-alcohol motifs (C(OH)–C–C–N with tert-alkyl or cyclic N) is 1. The van der Waals surface area contributed by atoms with Gasteiger partial charge in [0.1, 0.15) is 43.8 Å². The number of benzene rings is 3. The second kappa shape index (κ2) is 28.3. The number of thiazole rings is 1. The third kappa shape index (κ3) is 16.3. The molecule has 3 saturated heterocycles. The van der Waals surface area contributed by atoms with E-state index in [0.717, 1.165) is 27.4 Å². The molecule has 0 saturated carbocycles. The zero-order valence-electron chi connectivity index (χ0n) is 45.9. The molecule has 3 aliphatic rings. The monoisotopic (exact) mass is 1160 g/mol. The summed E-state index contributed by atoms with van der Waals surface area (Å²) >= 11 is 14.4. The summed E-state index contributed by atoms with van der Waals surface area (Å²) in [6, 6.07) is 18.7. The van der Waals surface area contributed by atoms with Gasteiger partial charge in [0, 0.05) is 67.8 Å². The fourth-order valence-corrected chi connectivity index (χ4v) is 11.1. The highest BCUT2D eigenvalue weighted by molar-refractivity contribution is 7.13. The Labute approximate surface area is 480 Å². The molecule has 3 aromatic carbocycles. The molecule has 5 heterocycles. The zero-order valence-corrected chi connectivity index (χ0v) is 48.2. The van der Waals surface area contributed by atoms with E-state index in [4.69, 9.17) is 56.4 Å². The van der Waals surface area contributed by atoms with Crippen LogP contribution in [0.2, 0.25) is 10.0 Å². The smallest absolute Gasteiger partial charge is 0.248 e. The molecule has 6 atom stereocenters. The molecule has 20 nitrogen and oxygen atoms in total. The number of piperazine rings is 1. The Hall–Kier alpha value is -5.72. The van der Waals surface area contributed by atoms with Gasteiger partial charge in [-0.2, -0.15) is 0 Å². The van der Waals surface area contributed by atoms with Crippen LogP contribution in [0, 0.1) is 12.3 Å². The lowest BCUT2D eigenvalue weighted by Crippen LogP contribution is -2.58. The predicted octanol–water partition coefficient (Wildman–Crippen LogP) is 6.05. The average Bonchev–Trinajstić information content (AvgIpc) is 4.31. The number of ether oxygens (including phenoxy) is 7. The summed E-state index contributed by atoms with van der Waals surface area (Å²) < 4.78 is 43.2. The van der Waals surface area contributed by atoms with Crippen LogP contribution in [-0.2, 0) is 59.9 Å². The van der Waals surface area contributed by atoms with Gasteiger partial charge in [0.15, 0.2) is 0 Å². The second-order valence-corrected chi connectivity index (χ2v) is 22.7. The standard InChI is InChI=1S/C57H72Cl2N8O12S/c1-38(40-6-8-41(9-7-40)52-39(2)61-37-80-52)62-54(71)49-29-44(68)30-67(49)55(72)53(56(3,4)5)63-50(69)33-75-26-24-73-22-23-74-25-27-76-34-51(70)66-20-18-65(19-21-66)43-11-13-45(14-12-43)77-31-46-32-78-57(79-46,35-64-17-16-60-36-64)47-15-10-42(58)28-48(47)59/h6-17,28,36-38,44,46,49,53,68H,18-27,29-35H2,1-5H3,(H,62,71)(H,63,69)/t38-,44+,46-,49-,53+,57-/m0/s1. The first-order valence-electron chi connectivity index (χ1n) is 26.8. The molecule has 432 valence electrons. The van der Waals surface area contributed by atoms with Crippen molar-refractivity contribution in [2.45, 2.75) is 83.7 Å². The van der Waals surface area contributed by atoms with Crippen molar-refractivity contribution < 1.29 is 57.4 Å². The van der Waals surface area contributed by atoms with E-state index in [9.17, 15) is 24.3 Å². The van der Waals surface area contributed by atoms with Crippen LogP contribution in [0.15, 0.2) is 91.0 Å². The number of hydrogen-bond donors (Lipinski definition) is 3. The molecule has 3 aliphatic heterocycles. The number of aliphatic hydroxyl groups is 1. The van der Waals surface area contributed by atoms with Gasteiger partial charge < -0.3 is 68.2 Å². The Morgan fingerprint density at radius 1 is 0.887 bits per heavy atom. The lowest BCUT2D eigenvalue weighted by atomic mass is 9.85. The summed E-state index contributed by atoms with van der Waals surface area (Å²) in [5, 5.41) is 17.4.